The van der Waals surface area contributed by atoms with Gasteiger partial charge in [0.15, 0.2) is 0 Å². The van der Waals surface area contributed by atoms with E-state index in [-0.39, 0.29) is 5.91 Å². The second-order valence-electron chi connectivity index (χ2n) is 4.69. The van der Waals surface area contributed by atoms with Gasteiger partial charge in [-0.05, 0) is 38.3 Å². The zero-order chi connectivity index (χ0) is 13.4. The zero-order valence-corrected chi connectivity index (χ0v) is 11.3. The van der Waals surface area contributed by atoms with Crippen LogP contribution in [-0.4, -0.2) is 24.7 Å². The normalized spacial score (nSPS) is 17.3. The van der Waals surface area contributed by atoms with E-state index in [1.165, 1.54) is 25.7 Å². The van der Waals surface area contributed by atoms with Crippen molar-refractivity contribution in [3.05, 3.63) is 24.0 Å². The van der Waals surface area contributed by atoms with Crippen LogP contribution in [-0.2, 0) is 4.79 Å². The minimum absolute atomic E-state index is 0.0473. The molecule has 1 saturated carbocycles. The molecule has 0 heterocycles. The van der Waals surface area contributed by atoms with Crippen molar-refractivity contribution in [2.75, 3.05) is 6.54 Å². The number of allylic oxidation sites excluding steroid dienone is 2. The number of hydrogen-bond donors (Lipinski definition) is 2. The second-order valence-corrected chi connectivity index (χ2v) is 4.69. The van der Waals surface area contributed by atoms with Gasteiger partial charge in [0.1, 0.15) is 5.82 Å². The molecule has 0 radical (unpaired) electrons. The lowest BCUT2D eigenvalue weighted by molar-refractivity contribution is -0.119. The molecule has 18 heavy (non-hydrogen) atoms. The van der Waals surface area contributed by atoms with E-state index in [4.69, 9.17) is 0 Å². The highest BCUT2D eigenvalue weighted by Crippen LogP contribution is 2.17. The third-order valence-electron chi connectivity index (χ3n) is 2.87. The summed E-state index contributed by atoms with van der Waals surface area (Å²) in [6, 6.07) is 0.503. The van der Waals surface area contributed by atoms with Crippen LogP contribution >= 0.6 is 0 Å². The molecule has 2 N–H and O–H groups in total. The van der Waals surface area contributed by atoms with Gasteiger partial charge in [0.25, 0.3) is 0 Å². The zero-order valence-electron chi connectivity index (χ0n) is 11.3. The van der Waals surface area contributed by atoms with Crippen molar-refractivity contribution in [1.29, 1.82) is 0 Å². The molecular weight excluding hydrogens is 226 g/mol. The van der Waals surface area contributed by atoms with Crippen LogP contribution in [0.15, 0.2) is 29.0 Å². The molecule has 1 aliphatic rings. The number of nitrogens with zero attached hydrogens (tertiary/aromatic N) is 1. The van der Waals surface area contributed by atoms with Crippen LogP contribution in [0.5, 0.6) is 0 Å². The van der Waals surface area contributed by atoms with Crippen molar-refractivity contribution in [1.82, 2.24) is 10.6 Å². The predicted molar refractivity (Wildman–Crippen MR) is 75.5 cm³/mol. The standard InChI is InChI=1S/C14H23N3O/c1-4-13(16-9-11(2)3)17-14(18)10-15-12-7-5-6-8-12/h4,9,12,15H,2,5-8,10H2,1,3H3,(H,17,18)/b13-4+,16-9?. The Bertz CT molecular complexity index is 352. The SMILES string of the molecule is C=C(C)C=N/C(=C\C)NC(=O)CNC1CCCC1. The van der Waals surface area contributed by atoms with E-state index in [1.54, 1.807) is 12.3 Å². The van der Waals surface area contributed by atoms with Crippen molar-refractivity contribution in [2.24, 2.45) is 4.99 Å². The van der Waals surface area contributed by atoms with Gasteiger partial charge in [0, 0.05) is 12.3 Å². The van der Waals surface area contributed by atoms with E-state index >= 15 is 0 Å². The number of amides is 1. The van der Waals surface area contributed by atoms with E-state index in [0.29, 0.717) is 18.4 Å². The maximum absolute atomic E-state index is 11.7. The van der Waals surface area contributed by atoms with Crippen LogP contribution in [0.3, 0.4) is 0 Å². The molecule has 0 atom stereocenters. The van der Waals surface area contributed by atoms with Gasteiger partial charge in [-0.1, -0.05) is 19.4 Å². The summed E-state index contributed by atoms with van der Waals surface area (Å²) >= 11 is 0. The lowest BCUT2D eigenvalue weighted by Crippen LogP contribution is -2.37. The fourth-order valence-electron chi connectivity index (χ4n) is 1.91. The highest BCUT2D eigenvalue weighted by atomic mass is 16.2. The number of carbonyl (C=O) groups excluding carboxylic acids is 1. The first-order valence-electron chi connectivity index (χ1n) is 6.51. The largest absolute Gasteiger partial charge is 0.310 e. The first-order valence-corrected chi connectivity index (χ1v) is 6.51. The maximum atomic E-state index is 11.7. The molecule has 0 aromatic heterocycles. The van der Waals surface area contributed by atoms with Crippen molar-refractivity contribution in [3.63, 3.8) is 0 Å². The molecule has 0 aromatic rings. The fourth-order valence-corrected chi connectivity index (χ4v) is 1.91. The van der Waals surface area contributed by atoms with Gasteiger partial charge in [-0.3, -0.25) is 4.79 Å². The molecule has 4 heteroatoms. The Hall–Kier alpha value is -1.42. The number of nitrogens with one attached hydrogen (secondary N) is 2. The number of rotatable bonds is 6. The van der Waals surface area contributed by atoms with Crippen LogP contribution in [0.25, 0.3) is 0 Å². The first-order chi connectivity index (χ1) is 8.61. The molecule has 0 spiro atoms. The summed E-state index contributed by atoms with van der Waals surface area (Å²) in [5.41, 5.74) is 0.854. The summed E-state index contributed by atoms with van der Waals surface area (Å²) in [4.78, 5) is 15.8. The van der Waals surface area contributed by atoms with E-state index in [9.17, 15) is 4.79 Å². The highest BCUT2D eigenvalue weighted by molar-refractivity contribution is 5.81. The summed E-state index contributed by atoms with van der Waals surface area (Å²) in [7, 11) is 0. The second kappa shape index (κ2) is 7.82. The molecule has 0 saturated heterocycles. The summed E-state index contributed by atoms with van der Waals surface area (Å²) < 4.78 is 0. The minimum atomic E-state index is -0.0473. The minimum Gasteiger partial charge on any atom is -0.310 e. The molecule has 4 nitrogen and oxygen atoms in total. The molecule has 100 valence electrons. The Labute approximate surface area is 109 Å². The molecule has 0 unspecified atom stereocenters. The third kappa shape index (κ3) is 5.77. The number of carbonyl (C=O) groups is 1. The van der Waals surface area contributed by atoms with Crippen LogP contribution in [0.2, 0.25) is 0 Å². The highest BCUT2D eigenvalue weighted by Gasteiger charge is 2.15. The Balaban J connectivity index is 2.30. The molecular formula is C14H23N3O. The first kappa shape index (κ1) is 14.6. The predicted octanol–water partition coefficient (Wildman–Crippen LogP) is 2.14. The third-order valence-corrected chi connectivity index (χ3v) is 2.87. The molecule has 0 aliphatic heterocycles. The lowest BCUT2D eigenvalue weighted by Gasteiger charge is -2.11. The summed E-state index contributed by atoms with van der Waals surface area (Å²) in [5, 5.41) is 6.03. The summed E-state index contributed by atoms with van der Waals surface area (Å²) in [6.07, 6.45) is 8.30. The van der Waals surface area contributed by atoms with Gasteiger partial charge in [0.05, 0.1) is 6.54 Å². The summed E-state index contributed by atoms with van der Waals surface area (Å²) in [5.74, 6) is 0.519. The van der Waals surface area contributed by atoms with Crippen LogP contribution in [0.4, 0.5) is 0 Å². The van der Waals surface area contributed by atoms with Gasteiger partial charge < -0.3 is 10.6 Å². The molecule has 1 amide bonds. The van der Waals surface area contributed by atoms with Gasteiger partial charge in [-0.15, -0.1) is 0 Å². The Morgan fingerprint density at radius 3 is 2.67 bits per heavy atom. The maximum Gasteiger partial charge on any atom is 0.239 e. The Kier molecular flexibility index (Phi) is 6.36. The molecule has 0 bridgehead atoms. The molecule has 1 rings (SSSR count). The van der Waals surface area contributed by atoms with Crippen molar-refractivity contribution in [2.45, 2.75) is 45.6 Å². The molecule has 1 fully saturated rings. The van der Waals surface area contributed by atoms with Gasteiger partial charge in [-0.2, -0.15) is 0 Å². The topological polar surface area (TPSA) is 53.5 Å². The average Bonchev–Trinajstić information content (AvgIpc) is 2.84. The van der Waals surface area contributed by atoms with Gasteiger partial charge in [-0.25, -0.2) is 4.99 Å². The molecule has 0 aromatic carbocycles. The van der Waals surface area contributed by atoms with Crippen molar-refractivity contribution in [3.8, 4) is 0 Å². The lowest BCUT2D eigenvalue weighted by atomic mass is 10.2. The van der Waals surface area contributed by atoms with Crippen LogP contribution in [0.1, 0.15) is 39.5 Å². The fraction of sp³-hybridized carbons (Fsp3) is 0.571. The van der Waals surface area contributed by atoms with Crippen molar-refractivity contribution >= 4 is 12.1 Å². The van der Waals surface area contributed by atoms with Gasteiger partial charge >= 0.3 is 0 Å². The Morgan fingerprint density at radius 2 is 2.11 bits per heavy atom. The smallest absolute Gasteiger partial charge is 0.239 e. The van der Waals surface area contributed by atoms with E-state index < -0.39 is 0 Å². The molecule has 1 aliphatic carbocycles. The van der Waals surface area contributed by atoms with Crippen LogP contribution in [0, 0.1) is 0 Å². The number of hydrogen-bond acceptors (Lipinski definition) is 3. The van der Waals surface area contributed by atoms with Gasteiger partial charge in [0.2, 0.25) is 5.91 Å². The summed E-state index contributed by atoms with van der Waals surface area (Å²) in [6.45, 7) is 7.78. The van der Waals surface area contributed by atoms with E-state index in [1.807, 2.05) is 13.8 Å². The average molecular weight is 249 g/mol. The Morgan fingerprint density at radius 1 is 1.44 bits per heavy atom. The quantitative estimate of drug-likeness (QED) is 0.709. The van der Waals surface area contributed by atoms with E-state index in [2.05, 4.69) is 22.2 Å². The monoisotopic (exact) mass is 249 g/mol. The van der Waals surface area contributed by atoms with E-state index in [0.717, 1.165) is 5.57 Å². The van der Waals surface area contributed by atoms with Crippen LogP contribution < -0.4 is 10.6 Å². The van der Waals surface area contributed by atoms with Crippen molar-refractivity contribution < 1.29 is 4.79 Å². The number of aliphatic imine (C=N–C) groups is 1.